The van der Waals surface area contributed by atoms with Gasteiger partial charge in [0, 0.05) is 37.1 Å². The Kier molecular flexibility index (Phi) is 4.86. The Morgan fingerprint density at radius 3 is 2.43 bits per heavy atom. The van der Waals surface area contributed by atoms with Crippen molar-refractivity contribution in [2.24, 2.45) is 0 Å². The van der Waals surface area contributed by atoms with Crippen molar-refractivity contribution in [3.8, 4) is 0 Å². The number of hydrogen-bond donors (Lipinski definition) is 1. The molecule has 0 saturated carbocycles. The standard InChI is InChI=1S/C19H17ClFN3O3S/c20-15-12-14(5-6-16(15)21)28(26,27)24-9-7-23(8-10-24)19(25)18-11-13-3-1-2-4-17(13)22-18/h1-6,11-12,22H,7-10H2. The third-order valence-electron chi connectivity index (χ3n) is 4.82. The first kappa shape index (κ1) is 18.9. The highest BCUT2D eigenvalue weighted by atomic mass is 35.5. The summed E-state index contributed by atoms with van der Waals surface area (Å²) in [6, 6.07) is 12.7. The van der Waals surface area contributed by atoms with Crippen molar-refractivity contribution in [2.45, 2.75) is 4.90 Å². The zero-order chi connectivity index (χ0) is 19.9. The number of aromatic nitrogens is 1. The van der Waals surface area contributed by atoms with Crippen molar-refractivity contribution >= 4 is 38.4 Å². The van der Waals surface area contributed by atoms with Crippen LogP contribution in [0.5, 0.6) is 0 Å². The predicted molar refractivity (Wildman–Crippen MR) is 104 cm³/mol. The topological polar surface area (TPSA) is 73.5 Å². The number of halogens is 2. The summed E-state index contributed by atoms with van der Waals surface area (Å²) < 4.78 is 40.1. The first-order valence-electron chi connectivity index (χ1n) is 8.68. The minimum absolute atomic E-state index is 0.0608. The van der Waals surface area contributed by atoms with Gasteiger partial charge in [-0.1, -0.05) is 29.8 Å². The van der Waals surface area contributed by atoms with Crippen molar-refractivity contribution in [1.82, 2.24) is 14.2 Å². The van der Waals surface area contributed by atoms with Crippen LogP contribution in [0.2, 0.25) is 5.02 Å². The largest absolute Gasteiger partial charge is 0.351 e. The van der Waals surface area contributed by atoms with Gasteiger partial charge in [-0.05, 0) is 30.3 Å². The number of H-pyrrole nitrogens is 1. The minimum Gasteiger partial charge on any atom is -0.351 e. The number of sulfonamides is 1. The summed E-state index contributed by atoms with van der Waals surface area (Å²) in [7, 11) is -3.80. The van der Waals surface area contributed by atoms with Crippen LogP contribution in [-0.4, -0.2) is 54.7 Å². The number of fused-ring (bicyclic) bond motifs is 1. The lowest BCUT2D eigenvalue weighted by molar-refractivity contribution is 0.0693. The van der Waals surface area contributed by atoms with E-state index < -0.39 is 15.8 Å². The molecule has 3 aromatic rings. The van der Waals surface area contributed by atoms with Crippen molar-refractivity contribution in [2.75, 3.05) is 26.2 Å². The molecule has 1 aromatic heterocycles. The van der Waals surface area contributed by atoms with Crippen LogP contribution in [0.1, 0.15) is 10.5 Å². The van der Waals surface area contributed by atoms with Crippen molar-refractivity contribution in [3.63, 3.8) is 0 Å². The summed E-state index contributed by atoms with van der Waals surface area (Å²) in [5, 5.41) is 0.703. The molecule has 1 aliphatic rings. The second kappa shape index (κ2) is 7.20. The SMILES string of the molecule is O=C(c1cc2ccccc2[nH]1)N1CCN(S(=O)(=O)c2ccc(F)c(Cl)c2)CC1. The van der Waals surface area contributed by atoms with Crippen LogP contribution < -0.4 is 0 Å². The number of carbonyl (C=O) groups is 1. The molecule has 1 fully saturated rings. The van der Waals surface area contributed by atoms with Gasteiger partial charge in [0.25, 0.3) is 5.91 Å². The van der Waals surface area contributed by atoms with Gasteiger partial charge in [-0.25, -0.2) is 12.8 Å². The van der Waals surface area contributed by atoms with E-state index in [1.807, 2.05) is 24.3 Å². The van der Waals surface area contributed by atoms with Crippen LogP contribution in [-0.2, 0) is 10.0 Å². The second-order valence-electron chi connectivity index (χ2n) is 6.54. The number of piperazine rings is 1. The van der Waals surface area contributed by atoms with Crippen LogP contribution in [0.4, 0.5) is 4.39 Å². The van der Waals surface area contributed by atoms with Crippen LogP contribution in [0.15, 0.2) is 53.4 Å². The molecule has 6 nitrogen and oxygen atoms in total. The van der Waals surface area contributed by atoms with E-state index in [2.05, 4.69) is 4.98 Å². The van der Waals surface area contributed by atoms with Gasteiger partial charge < -0.3 is 9.88 Å². The summed E-state index contributed by atoms with van der Waals surface area (Å²) in [6.07, 6.45) is 0. The number of aromatic amines is 1. The van der Waals surface area contributed by atoms with Crippen molar-refractivity contribution < 1.29 is 17.6 Å². The van der Waals surface area contributed by atoms with E-state index in [1.165, 1.54) is 10.4 Å². The maximum atomic E-state index is 13.3. The molecule has 146 valence electrons. The lowest BCUT2D eigenvalue weighted by Gasteiger charge is -2.33. The fourth-order valence-electron chi connectivity index (χ4n) is 3.28. The molecule has 1 N–H and O–H groups in total. The molecule has 2 aromatic carbocycles. The minimum atomic E-state index is -3.80. The molecule has 1 saturated heterocycles. The van der Waals surface area contributed by atoms with Gasteiger partial charge in [0.05, 0.1) is 9.92 Å². The Hall–Kier alpha value is -2.42. The zero-order valence-corrected chi connectivity index (χ0v) is 16.3. The van der Waals surface area contributed by atoms with Gasteiger partial charge in [0.1, 0.15) is 11.5 Å². The molecule has 0 atom stereocenters. The third kappa shape index (κ3) is 3.39. The monoisotopic (exact) mass is 421 g/mol. The average Bonchev–Trinajstić information content (AvgIpc) is 3.13. The number of nitrogens with zero attached hydrogens (tertiary/aromatic N) is 2. The van der Waals surface area contributed by atoms with E-state index in [0.29, 0.717) is 5.69 Å². The summed E-state index contributed by atoms with van der Waals surface area (Å²) in [5.41, 5.74) is 1.35. The molecule has 0 aliphatic carbocycles. The van der Waals surface area contributed by atoms with Crippen LogP contribution in [0.3, 0.4) is 0 Å². The first-order valence-corrected chi connectivity index (χ1v) is 10.5. The number of benzene rings is 2. The van der Waals surface area contributed by atoms with Gasteiger partial charge in [-0.15, -0.1) is 0 Å². The maximum absolute atomic E-state index is 13.3. The summed E-state index contributed by atoms with van der Waals surface area (Å²) >= 11 is 5.71. The summed E-state index contributed by atoms with van der Waals surface area (Å²) in [5.74, 6) is -0.840. The van der Waals surface area contributed by atoms with E-state index in [-0.39, 0.29) is 42.0 Å². The van der Waals surface area contributed by atoms with Crippen molar-refractivity contribution in [3.05, 3.63) is 65.1 Å². The van der Waals surface area contributed by atoms with Gasteiger partial charge in [-0.2, -0.15) is 4.31 Å². The smallest absolute Gasteiger partial charge is 0.270 e. The van der Waals surface area contributed by atoms with E-state index in [4.69, 9.17) is 11.6 Å². The highest BCUT2D eigenvalue weighted by Gasteiger charge is 2.31. The van der Waals surface area contributed by atoms with E-state index in [9.17, 15) is 17.6 Å². The Balaban J connectivity index is 1.47. The molecule has 4 rings (SSSR count). The highest BCUT2D eigenvalue weighted by molar-refractivity contribution is 7.89. The normalized spacial score (nSPS) is 15.9. The predicted octanol–water partition coefficient (Wildman–Crippen LogP) is 3.11. The number of hydrogen-bond acceptors (Lipinski definition) is 3. The maximum Gasteiger partial charge on any atom is 0.270 e. The van der Waals surface area contributed by atoms with Gasteiger partial charge in [0.2, 0.25) is 10.0 Å². The Morgan fingerprint density at radius 1 is 1.04 bits per heavy atom. The summed E-state index contributed by atoms with van der Waals surface area (Å²) in [6.45, 7) is 0.845. The average molecular weight is 422 g/mol. The molecule has 0 unspecified atom stereocenters. The molecule has 2 heterocycles. The second-order valence-corrected chi connectivity index (χ2v) is 8.89. The van der Waals surface area contributed by atoms with E-state index in [0.717, 1.165) is 23.0 Å². The zero-order valence-electron chi connectivity index (χ0n) is 14.7. The van der Waals surface area contributed by atoms with Gasteiger partial charge >= 0.3 is 0 Å². The Bertz CT molecular complexity index is 1120. The highest BCUT2D eigenvalue weighted by Crippen LogP contribution is 2.24. The molecular weight excluding hydrogens is 405 g/mol. The van der Waals surface area contributed by atoms with Gasteiger partial charge in [-0.3, -0.25) is 4.79 Å². The Morgan fingerprint density at radius 2 is 1.75 bits per heavy atom. The van der Waals surface area contributed by atoms with Crippen molar-refractivity contribution in [1.29, 1.82) is 0 Å². The number of carbonyl (C=O) groups excluding carboxylic acids is 1. The quantitative estimate of drug-likeness (QED) is 0.706. The lowest BCUT2D eigenvalue weighted by atomic mass is 10.2. The molecule has 0 radical (unpaired) electrons. The fraction of sp³-hybridized carbons (Fsp3) is 0.211. The molecular formula is C19H17ClFN3O3S. The number of amides is 1. The van der Waals surface area contributed by atoms with E-state index >= 15 is 0 Å². The summed E-state index contributed by atoms with van der Waals surface area (Å²) in [4.78, 5) is 17.4. The fourth-order valence-corrected chi connectivity index (χ4v) is 4.97. The molecule has 1 aliphatic heterocycles. The molecule has 28 heavy (non-hydrogen) atoms. The Labute approximate surface area is 166 Å². The lowest BCUT2D eigenvalue weighted by Crippen LogP contribution is -2.50. The number of nitrogens with one attached hydrogen (secondary N) is 1. The van der Waals surface area contributed by atoms with Crippen LogP contribution in [0, 0.1) is 5.82 Å². The van der Waals surface area contributed by atoms with Crippen LogP contribution in [0.25, 0.3) is 10.9 Å². The number of para-hydroxylation sites is 1. The number of rotatable bonds is 3. The molecule has 0 bridgehead atoms. The van der Waals surface area contributed by atoms with Gasteiger partial charge in [0.15, 0.2) is 0 Å². The molecule has 0 spiro atoms. The molecule has 1 amide bonds. The van der Waals surface area contributed by atoms with E-state index in [1.54, 1.807) is 11.0 Å². The third-order valence-corrected chi connectivity index (χ3v) is 7.00. The first-order chi connectivity index (χ1) is 13.4. The van der Waals surface area contributed by atoms with Crippen LogP contribution >= 0.6 is 11.6 Å². The molecule has 9 heteroatoms.